The number of para-hydroxylation sites is 2. The summed E-state index contributed by atoms with van der Waals surface area (Å²) in [5.74, 6) is 0.0176. The number of aryl methyl sites for hydroxylation is 1. The van der Waals surface area contributed by atoms with Gasteiger partial charge in [-0.25, -0.2) is 0 Å². The number of halogens is 1. The number of nitro benzene ring substituents is 1. The molecule has 0 aliphatic heterocycles. The van der Waals surface area contributed by atoms with Gasteiger partial charge in [0.2, 0.25) is 0 Å². The molecule has 2 aromatic carbocycles. The summed E-state index contributed by atoms with van der Waals surface area (Å²) >= 11 is 5.94. The van der Waals surface area contributed by atoms with Crippen molar-refractivity contribution < 1.29 is 14.5 Å². The van der Waals surface area contributed by atoms with Gasteiger partial charge in [0.05, 0.1) is 4.92 Å². The molecule has 0 radical (unpaired) electrons. The van der Waals surface area contributed by atoms with Crippen molar-refractivity contribution in [2.24, 2.45) is 0 Å². The van der Waals surface area contributed by atoms with Gasteiger partial charge < -0.3 is 10.1 Å². The van der Waals surface area contributed by atoms with Gasteiger partial charge in [-0.3, -0.25) is 14.9 Å². The second-order valence-electron chi connectivity index (χ2n) is 4.93. The van der Waals surface area contributed by atoms with E-state index in [1.54, 1.807) is 31.2 Å². The Balaban J connectivity index is 2.08. The highest BCUT2D eigenvalue weighted by atomic mass is 35.5. The first kappa shape index (κ1) is 16.8. The van der Waals surface area contributed by atoms with E-state index in [9.17, 15) is 14.9 Å². The maximum Gasteiger partial charge on any atom is 0.292 e. The molecule has 120 valence electrons. The van der Waals surface area contributed by atoms with Crippen LogP contribution in [0.5, 0.6) is 5.75 Å². The minimum absolute atomic E-state index is 0.130. The van der Waals surface area contributed by atoms with Gasteiger partial charge in [-0.05, 0) is 43.7 Å². The molecule has 2 aromatic rings. The molecule has 0 aromatic heterocycles. The van der Waals surface area contributed by atoms with Crippen LogP contribution in [0.15, 0.2) is 42.5 Å². The van der Waals surface area contributed by atoms with Crippen LogP contribution in [0.2, 0.25) is 5.02 Å². The van der Waals surface area contributed by atoms with Crippen LogP contribution in [0.25, 0.3) is 0 Å². The number of hydrogen-bond donors (Lipinski definition) is 1. The normalized spacial score (nSPS) is 11.6. The predicted molar refractivity (Wildman–Crippen MR) is 88.0 cm³/mol. The molecule has 23 heavy (non-hydrogen) atoms. The number of carbonyl (C=O) groups is 1. The van der Waals surface area contributed by atoms with Gasteiger partial charge in [0.25, 0.3) is 11.6 Å². The number of amides is 1. The summed E-state index contributed by atoms with van der Waals surface area (Å²) in [4.78, 5) is 22.6. The van der Waals surface area contributed by atoms with Crippen LogP contribution in [0, 0.1) is 17.0 Å². The SMILES string of the molecule is Cc1cc(OC(C)C(=O)Nc2ccccc2[N+](=O)[O-])ccc1Cl. The molecule has 0 spiro atoms. The highest BCUT2D eigenvalue weighted by Crippen LogP contribution is 2.24. The largest absolute Gasteiger partial charge is 0.481 e. The molecule has 1 N–H and O–H groups in total. The zero-order chi connectivity index (χ0) is 17.0. The van der Waals surface area contributed by atoms with E-state index in [1.807, 2.05) is 6.92 Å². The first-order valence-electron chi connectivity index (χ1n) is 6.85. The van der Waals surface area contributed by atoms with Gasteiger partial charge in [0.1, 0.15) is 11.4 Å². The Hall–Kier alpha value is -2.60. The van der Waals surface area contributed by atoms with Crippen LogP contribution in [-0.4, -0.2) is 16.9 Å². The summed E-state index contributed by atoms with van der Waals surface area (Å²) in [7, 11) is 0. The third-order valence-corrected chi connectivity index (χ3v) is 3.59. The number of carbonyl (C=O) groups excluding carboxylic acids is 1. The summed E-state index contributed by atoms with van der Waals surface area (Å²) in [5.41, 5.74) is 0.788. The summed E-state index contributed by atoms with van der Waals surface area (Å²) in [6.07, 6.45) is -0.824. The van der Waals surface area contributed by atoms with Crippen molar-refractivity contribution in [3.8, 4) is 5.75 Å². The van der Waals surface area contributed by atoms with Gasteiger partial charge in [-0.2, -0.15) is 0 Å². The van der Waals surface area contributed by atoms with Crippen LogP contribution in [-0.2, 0) is 4.79 Å². The fourth-order valence-corrected chi connectivity index (χ4v) is 2.04. The van der Waals surface area contributed by atoms with Gasteiger partial charge in [-0.1, -0.05) is 23.7 Å². The Bertz CT molecular complexity index is 749. The standard InChI is InChI=1S/C16H15ClN2O4/c1-10-9-12(7-8-13(10)17)23-11(2)16(20)18-14-5-3-4-6-15(14)19(21)22/h3-9,11H,1-2H3,(H,18,20). The second kappa shape index (κ2) is 7.11. The first-order chi connectivity index (χ1) is 10.9. The minimum atomic E-state index is -0.824. The number of benzene rings is 2. The lowest BCUT2D eigenvalue weighted by Gasteiger charge is -2.15. The molecule has 0 saturated carbocycles. The zero-order valence-corrected chi connectivity index (χ0v) is 13.3. The van der Waals surface area contributed by atoms with Crippen molar-refractivity contribution in [2.45, 2.75) is 20.0 Å². The molecule has 6 nitrogen and oxygen atoms in total. The third-order valence-electron chi connectivity index (χ3n) is 3.17. The van der Waals surface area contributed by atoms with E-state index < -0.39 is 16.9 Å². The Morgan fingerprint density at radius 2 is 2.00 bits per heavy atom. The van der Waals surface area contributed by atoms with Gasteiger partial charge in [0.15, 0.2) is 6.10 Å². The maximum absolute atomic E-state index is 12.2. The Morgan fingerprint density at radius 3 is 2.65 bits per heavy atom. The third kappa shape index (κ3) is 4.20. The van der Waals surface area contributed by atoms with E-state index in [2.05, 4.69) is 5.32 Å². The number of anilines is 1. The fraction of sp³-hybridized carbons (Fsp3) is 0.188. The van der Waals surface area contributed by atoms with Crippen LogP contribution in [0.3, 0.4) is 0 Å². The smallest absolute Gasteiger partial charge is 0.292 e. The topological polar surface area (TPSA) is 81.5 Å². The van der Waals surface area contributed by atoms with Crippen LogP contribution >= 0.6 is 11.6 Å². The molecule has 1 unspecified atom stereocenters. The van der Waals surface area contributed by atoms with Crippen molar-refractivity contribution in [1.29, 1.82) is 0 Å². The Kier molecular flexibility index (Phi) is 5.18. The van der Waals surface area contributed by atoms with Crippen LogP contribution in [0.4, 0.5) is 11.4 Å². The van der Waals surface area contributed by atoms with Crippen molar-refractivity contribution in [1.82, 2.24) is 0 Å². The molecule has 0 heterocycles. The van der Waals surface area contributed by atoms with E-state index in [0.29, 0.717) is 10.8 Å². The molecule has 0 aliphatic rings. The number of ether oxygens (including phenoxy) is 1. The van der Waals surface area contributed by atoms with Crippen molar-refractivity contribution in [2.75, 3.05) is 5.32 Å². The van der Waals surface area contributed by atoms with E-state index in [0.717, 1.165) is 5.56 Å². The van der Waals surface area contributed by atoms with Crippen LogP contribution < -0.4 is 10.1 Å². The van der Waals surface area contributed by atoms with E-state index >= 15 is 0 Å². The summed E-state index contributed by atoms with van der Waals surface area (Å²) < 4.78 is 5.54. The quantitative estimate of drug-likeness (QED) is 0.662. The summed E-state index contributed by atoms with van der Waals surface area (Å²) in [5, 5.41) is 14.1. The lowest BCUT2D eigenvalue weighted by Crippen LogP contribution is -2.30. The zero-order valence-electron chi connectivity index (χ0n) is 12.6. The van der Waals surface area contributed by atoms with Crippen LogP contribution in [0.1, 0.15) is 12.5 Å². The first-order valence-corrected chi connectivity index (χ1v) is 7.23. The highest BCUT2D eigenvalue weighted by molar-refractivity contribution is 6.31. The number of rotatable bonds is 5. The number of hydrogen-bond acceptors (Lipinski definition) is 4. The fourth-order valence-electron chi connectivity index (χ4n) is 1.92. The molecule has 0 fully saturated rings. The summed E-state index contributed by atoms with van der Waals surface area (Å²) in [6.45, 7) is 3.39. The van der Waals surface area contributed by atoms with E-state index in [-0.39, 0.29) is 11.4 Å². The number of nitrogens with zero attached hydrogens (tertiary/aromatic N) is 1. The van der Waals surface area contributed by atoms with E-state index in [1.165, 1.54) is 18.2 Å². The van der Waals surface area contributed by atoms with Crippen molar-refractivity contribution in [3.63, 3.8) is 0 Å². The Morgan fingerprint density at radius 1 is 1.30 bits per heavy atom. The monoisotopic (exact) mass is 334 g/mol. The molecule has 1 atom stereocenters. The summed E-state index contributed by atoms with van der Waals surface area (Å²) in [6, 6.07) is 11.0. The molecule has 1 amide bonds. The number of nitrogens with one attached hydrogen (secondary N) is 1. The predicted octanol–water partition coefficient (Wildman–Crippen LogP) is 3.96. The highest BCUT2D eigenvalue weighted by Gasteiger charge is 2.20. The lowest BCUT2D eigenvalue weighted by molar-refractivity contribution is -0.383. The van der Waals surface area contributed by atoms with Crippen molar-refractivity contribution >= 4 is 28.9 Å². The number of nitro groups is 1. The second-order valence-corrected chi connectivity index (χ2v) is 5.34. The molecule has 0 saturated heterocycles. The van der Waals surface area contributed by atoms with Gasteiger partial charge in [-0.15, -0.1) is 0 Å². The average Bonchev–Trinajstić information content (AvgIpc) is 2.51. The van der Waals surface area contributed by atoms with Gasteiger partial charge in [0, 0.05) is 11.1 Å². The van der Waals surface area contributed by atoms with Gasteiger partial charge >= 0.3 is 0 Å². The molecule has 2 rings (SSSR count). The molecule has 7 heteroatoms. The molecular weight excluding hydrogens is 320 g/mol. The molecule has 0 bridgehead atoms. The Labute approximate surface area is 138 Å². The lowest BCUT2D eigenvalue weighted by atomic mass is 10.2. The van der Waals surface area contributed by atoms with Crippen molar-refractivity contribution in [3.05, 3.63) is 63.2 Å². The van der Waals surface area contributed by atoms with E-state index in [4.69, 9.17) is 16.3 Å². The maximum atomic E-state index is 12.2. The average molecular weight is 335 g/mol. The minimum Gasteiger partial charge on any atom is -0.481 e. The molecular formula is C16H15ClN2O4. The molecule has 0 aliphatic carbocycles.